The van der Waals surface area contributed by atoms with Crippen molar-refractivity contribution in [3.8, 4) is 0 Å². The van der Waals surface area contributed by atoms with Crippen molar-refractivity contribution in [2.75, 3.05) is 54.1 Å². The lowest BCUT2D eigenvalue weighted by Crippen LogP contribution is -2.37. The third-order valence-electron chi connectivity index (χ3n) is 10.4. The fraction of sp³-hybridized carbons (Fsp3) is 0.820. The number of ether oxygens (including phenoxy) is 2. The van der Waals surface area contributed by atoms with Crippen molar-refractivity contribution in [1.29, 1.82) is 0 Å². The third-order valence-corrected chi connectivity index (χ3v) is 11.4. The number of esters is 1. The van der Waals surface area contributed by atoms with Crippen LogP contribution < -0.4 is 0 Å². The van der Waals surface area contributed by atoms with E-state index in [-0.39, 0.29) is 25.8 Å². The quantitative estimate of drug-likeness (QED) is 0.0214. The molecule has 0 bridgehead atoms. The average Bonchev–Trinajstić information content (AvgIpc) is 3.19. The van der Waals surface area contributed by atoms with E-state index in [0.717, 1.165) is 70.6 Å². The molecule has 2 atom stereocenters. The van der Waals surface area contributed by atoms with Crippen LogP contribution in [-0.4, -0.2) is 75.6 Å². The summed E-state index contributed by atoms with van der Waals surface area (Å²) in [4.78, 5) is 22.9. The minimum atomic E-state index is -4.28. The van der Waals surface area contributed by atoms with Crippen LogP contribution in [0.4, 0.5) is 0 Å². The van der Waals surface area contributed by atoms with Crippen LogP contribution >= 0.6 is 7.82 Å². The highest BCUT2D eigenvalue weighted by molar-refractivity contribution is 7.47. The number of likely N-dealkylation sites (N-methyl/N-ethyl adjacent to an activating group) is 1. The van der Waals surface area contributed by atoms with Gasteiger partial charge in [0.2, 0.25) is 0 Å². The van der Waals surface area contributed by atoms with Crippen LogP contribution in [0.25, 0.3) is 0 Å². The molecule has 0 aromatic rings. The molecule has 59 heavy (non-hydrogen) atoms. The zero-order valence-electron chi connectivity index (χ0n) is 39.2. The van der Waals surface area contributed by atoms with E-state index in [9.17, 15) is 14.3 Å². The molecule has 9 heteroatoms. The van der Waals surface area contributed by atoms with Gasteiger partial charge < -0.3 is 18.9 Å². The second-order valence-corrected chi connectivity index (χ2v) is 18.9. The molecule has 1 N–H and O–H groups in total. The van der Waals surface area contributed by atoms with Gasteiger partial charge in [-0.1, -0.05) is 178 Å². The monoisotopic (exact) mass is 853 g/mol. The van der Waals surface area contributed by atoms with Gasteiger partial charge in [-0.25, -0.2) is 4.57 Å². The number of allylic oxidation sites excluding steroid dienone is 8. The summed E-state index contributed by atoms with van der Waals surface area (Å²) in [6.45, 7) is 5.47. The smallest absolute Gasteiger partial charge is 0.457 e. The van der Waals surface area contributed by atoms with Crippen molar-refractivity contribution >= 4 is 13.8 Å². The van der Waals surface area contributed by atoms with E-state index in [2.05, 4.69) is 62.5 Å². The van der Waals surface area contributed by atoms with Crippen LogP contribution in [0, 0.1) is 0 Å². The van der Waals surface area contributed by atoms with Crippen molar-refractivity contribution in [2.45, 2.75) is 213 Å². The molecule has 8 nitrogen and oxygen atoms in total. The Hall–Kier alpha value is -1.54. The average molecular weight is 853 g/mol. The third kappa shape index (κ3) is 47.4. The standard InChI is InChI=1S/C50H94NO7P/c1-6-8-10-12-14-16-18-20-22-23-24-25-26-27-28-29-30-31-33-35-37-39-41-43-50(52)58-49(48-57-59(53,54)56-46-44-51(3,4)5)47-55-45-42-40-38-36-34-32-21-19-17-15-13-11-9-7-2/h9,11,15,17,21,23-24,32,49H,6-8,10,12-14,16,18-20,22,25-31,33-48H2,1-5H3/p+1/b11-9-,17-15-,24-23-,32-21-. The van der Waals surface area contributed by atoms with Gasteiger partial charge in [0.1, 0.15) is 19.3 Å². The molecule has 0 aliphatic rings. The van der Waals surface area contributed by atoms with Crippen LogP contribution in [-0.2, 0) is 27.9 Å². The first-order valence-corrected chi connectivity index (χ1v) is 25.9. The number of phosphoric acid groups is 1. The number of unbranched alkanes of at least 4 members (excludes halogenated alkanes) is 23. The van der Waals surface area contributed by atoms with Gasteiger partial charge in [-0.2, -0.15) is 0 Å². The Balaban J connectivity index is 4.14. The number of hydrogen-bond acceptors (Lipinski definition) is 6. The molecule has 0 saturated carbocycles. The molecule has 0 radical (unpaired) electrons. The Kier molecular flexibility index (Phi) is 42.0. The molecule has 0 aromatic heterocycles. The molecule has 0 aliphatic carbocycles. The summed E-state index contributed by atoms with van der Waals surface area (Å²) in [7, 11) is 1.65. The molecule has 0 aromatic carbocycles. The molecular formula is C50H95NO7P+. The number of quaternary nitrogens is 1. The lowest BCUT2D eigenvalue weighted by molar-refractivity contribution is -0.870. The van der Waals surface area contributed by atoms with Crippen molar-refractivity contribution in [1.82, 2.24) is 0 Å². The van der Waals surface area contributed by atoms with E-state index >= 15 is 0 Å². The minimum Gasteiger partial charge on any atom is -0.457 e. The van der Waals surface area contributed by atoms with Gasteiger partial charge >= 0.3 is 13.8 Å². The molecule has 0 heterocycles. The maximum absolute atomic E-state index is 12.7. The normalized spacial score (nSPS) is 14.1. The predicted molar refractivity (Wildman–Crippen MR) is 252 cm³/mol. The van der Waals surface area contributed by atoms with Crippen molar-refractivity contribution < 1.29 is 37.3 Å². The van der Waals surface area contributed by atoms with Gasteiger partial charge in [0.05, 0.1) is 34.4 Å². The molecule has 0 saturated heterocycles. The van der Waals surface area contributed by atoms with Gasteiger partial charge in [0, 0.05) is 13.0 Å². The van der Waals surface area contributed by atoms with Gasteiger partial charge in [0.15, 0.2) is 0 Å². The van der Waals surface area contributed by atoms with E-state index in [1.807, 2.05) is 21.1 Å². The first kappa shape index (κ1) is 57.5. The lowest BCUT2D eigenvalue weighted by Gasteiger charge is -2.24. The van der Waals surface area contributed by atoms with Crippen LogP contribution in [0.1, 0.15) is 206 Å². The number of hydrogen-bond donors (Lipinski definition) is 1. The van der Waals surface area contributed by atoms with Crippen molar-refractivity contribution in [3.63, 3.8) is 0 Å². The molecule has 346 valence electrons. The molecule has 2 unspecified atom stereocenters. The van der Waals surface area contributed by atoms with Gasteiger partial charge in [-0.05, 0) is 70.6 Å². The Morgan fingerprint density at radius 1 is 0.542 bits per heavy atom. The fourth-order valence-electron chi connectivity index (χ4n) is 6.62. The minimum absolute atomic E-state index is 0.0829. The first-order chi connectivity index (χ1) is 28.6. The van der Waals surface area contributed by atoms with Crippen LogP contribution in [0.2, 0.25) is 0 Å². The summed E-state index contributed by atoms with van der Waals surface area (Å²) in [5.41, 5.74) is 0. The molecule has 0 rings (SSSR count). The molecular weight excluding hydrogens is 758 g/mol. The second kappa shape index (κ2) is 43.1. The maximum Gasteiger partial charge on any atom is 0.472 e. The predicted octanol–water partition coefficient (Wildman–Crippen LogP) is 14.7. The number of carbonyl (C=O) groups is 1. The van der Waals surface area contributed by atoms with E-state index in [1.165, 1.54) is 116 Å². The summed E-state index contributed by atoms with van der Waals surface area (Å²) in [5, 5.41) is 0. The van der Waals surface area contributed by atoms with E-state index < -0.39 is 13.9 Å². The number of rotatable bonds is 45. The number of nitrogens with zero attached hydrogens (tertiary/aromatic N) is 1. The highest BCUT2D eigenvalue weighted by Gasteiger charge is 2.26. The van der Waals surface area contributed by atoms with Crippen LogP contribution in [0.3, 0.4) is 0 Å². The van der Waals surface area contributed by atoms with Crippen molar-refractivity contribution in [2.24, 2.45) is 0 Å². The SMILES string of the molecule is CC/C=C\C/C=C\C/C=C\CCCCCCOCC(COP(=O)(O)OCC[N+](C)(C)C)OC(=O)CCCCCCCCCCCCC/C=C\CCCCCCCCCC. The summed E-state index contributed by atoms with van der Waals surface area (Å²) in [6.07, 6.45) is 53.0. The zero-order valence-corrected chi connectivity index (χ0v) is 40.1. The van der Waals surface area contributed by atoms with E-state index in [1.54, 1.807) is 0 Å². The Bertz CT molecular complexity index is 1080. The summed E-state index contributed by atoms with van der Waals surface area (Å²) in [6, 6.07) is 0. The first-order valence-electron chi connectivity index (χ1n) is 24.4. The Morgan fingerprint density at radius 2 is 0.983 bits per heavy atom. The maximum atomic E-state index is 12.7. The number of carbonyl (C=O) groups excluding carboxylic acids is 1. The second-order valence-electron chi connectivity index (χ2n) is 17.5. The van der Waals surface area contributed by atoms with Gasteiger partial charge in [0.25, 0.3) is 0 Å². The molecule has 0 amide bonds. The largest absolute Gasteiger partial charge is 0.472 e. The van der Waals surface area contributed by atoms with Gasteiger partial charge in [-0.3, -0.25) is 13.8 Å². The highest BCUT2D eigenvalue weighted by Crippen LogP contribution is 2.43. The molecule has 0 spiro atoms. The zero-order chi connectivity index (χ0) is 43.4. The fourth-order valence-corrected chi connectivity index (χ4v) is 7.36. The number of phosphoric ester groups is 1. The van der Waals surface area contributed by atoms with Gasteiger partial charge in [-0.15, -0.1) is 0 Å². The molecule has 0 aliphatic heterocycles. The summed E-state index contributed by atoms with van der Waals surface area (Å²) < 4.78 is 35.0. The van der Waals surface area contributed by atoms with E-state index in [0.29, 0.717) is 24.1 Å². The summed E-state index contributed by atoms with van der Waals surface area (Å²) >= 11 is 0. The van der Waals surface area contributed by atoms with Crippen LogP contribution in [0.5, 0.6) is 0 Å². The Morgan fingerprint density at radius 3 is 1.49 bits per heavy atom. The van der Waals surface area contributed by atoms with E-state index in [4.69, 9.17) is 18.5 Å². The van der Waals surface area contributed by atoms with Crippen molar-refractivity contribution in [3.05, 3.63) is 48.6 Å². The topological polar surface area (TPSA) is 91.3 Å². The van der Waals surface area contributed by atoms with Crippen LogP contribution in [0.15, 0.2) is 48.6 Å². The Labute approximate surface area is 365 Å². The molecule has 0 fully saturated rings. The highest BCUT2D eigenvalue weighted by atomic mass is 31.2. The summed E-state index contributed by atoms with van der Waals surface area (Å²) in [5.74, 6) is -0.322. The lowest BCUT2D eigenvalue weighted by atomic mass is 10.0.